The smallest absolute Gasteiger partial charge is 0.186 e. The lowest BCUT2D eigenvalue weighted by atomic mass is 9.64. The maximum atomic E-state index is 14.7. The van der Waals surface area contributed by atoms with E-state index in [1.54, 1.807) is 55.6 Å². The number of carbonyl (C=O) groups is 3. The molecule has 0 saturated carbocycles. The summed E-state index contributed by atoms with van der Waals surface area (Å²) in [5, 5.41) is 0. The van der Waals surface area contributed by atoms with Crippen molar-refractivity contribution in [3.63, 3.8) is 0 Å². The topological polar surface area (TPSA) is 63.7 Å². The number of rotatable bonds is 4. The fraction of sp³-hybridized carbons (Fsp3) is 0.171. The second-order valence-corrected chi connectivity index (χ2v) is 10.8. The van der Waals surface area contributed by atoms with Gasteiger partial charge in [0.15, 0.2) is 17.3 Å². The Morgan fingerprint density at radius 3 is 2.20 bits per heavy atom. The minimum absolute atomic E-state index is 0.159. The molecule has 1 fully saturated rings. The van der Waals surface area contributed by atoms with Crippen molar-refractivity contribution >= 4 is 29.1 Å². The number of fused-ring (bicyclic) bond motifs is 5. The van der Waals surface area contributed by atoms with Gasteiger partial charge < -0.3 is 9.64 Å². The number of Topliss-reactive ketones (excluding diaryl/α,β-unsaturated/α-hetero) is 3. The van der Waals surface area contributed by atoms with Crippen LogP contribution in [0.3, 0.4) is 0 Å². The molecule has 0 N–H and O–H groups in total. The van der Waals surface area contributed by atoms with Gasteiger partial charge in [0.1, 0.15) is 17.2 Å². The van der Waals surface area contributed by atoms with Gasteiger partial charge in [-0.05, 0) is 36.2 Å². The maximum absolute atomic E-state index is 14.7. The van der Waals surface area contributed by atoms with Crippen molar-refractivity contribution < 1.29 is 19.1 Å². The molecule has 2 heterocycles. The van der Waals surface area contributed by atoms with E-state index in [2.05, 4.69) is 0 Å². The highest BCUT2D eigenvalue weighted by Gasteiger charge is 2.71. The molecular formula is C35H27NO4. The second kappa shape index (κ2) is 8.88. The van der Waals surface area contributed by atoms with Crippen LogP contribution in [0, 0.1) is 12.3 Å². The third-order valence-corrected chi connectivity index (χ3v) is 8.77. The number of hydrogen-bond donors (Lipinski definition) is 0. The largest absolute Gasteiger partial charge is 0.497 e. The van der Waals surface area contributed by atoms with Gasteiger partial charge in [-0.15, -0.1) is 0 Å². The molecule has 2 aliphatic heterocycles. The van der Waals surface area contributed by atoms with E-state index < -0.39 is 23.4 Å². The highest BCUT2D eigenvalue weighted by Crippen LogP contribution is 2.61. The van der Waals surface area contributed by atoms with E-state index in [9.17, 15) is 14.4 Å². The van der Waals surface area contributed by atoms with E-state index in [0.717, 1.165) is 22.4 Å². The Balaban J connectivity index is 1.54. The van der Waals surface area contributed by atoms with Gasteiger partial charge in [-0.1, -0.05) is 96.6 Å². The van der Waals surface area contributed by atoms with E-state index in [1.165, 1.54) is 0 Å². The number of methoxy groups -OCH3 is 1. The first kappa shape index (κ1) is 24.3. The molecule has 0 amide bonds. The highest BCUT2D eigenvalue weighted by atomic mass is 16.5. The molecule has 40 heavy (non-hydrogen) atoms. The van der Waals surface area contributed by atoms with E-state index in [0.29, 0.717) is 22.4 Å². The third-order valence-electron chi connectivity index (χ3n) is 8.77. The number of anilines is 1. The average Bonchev–Trinajstić information content (AvgIpc) is 3.43. The lowest BCUT2D eigenvalue weighted by molar-refractivity contribution is 0.0666. The lowest BCUT2D eigenvalue weighted by Gasteiger charge is -2.37. The van der Waals surface area contributed by atoms with Crippen LogP contribution in [0.4, 0.5) is 5.69 Å². The number of hydrogen-bond acceptors (Lipinski definition) is 5. The van der Waals surface area contributed by atoms with E-state index in [4.69, 9.17) is 4.74 Å². The van der Waals surface area contributed by atoms with Crippen LogP contribution in [-0.2, 0) is 0 Å². The average molecular weight is 526 g/mol. The summed E-state index contributed by atoms with van der Waals surface area (Å²) in [5.41, 5.74) is 3.45. The molecule has 5 nitrogen and oxygen atoms in total. The van der Waals surface area contributed by atoms with Crippen molar-refractivity contribution in [3.05, 3.63) is 137 Å². The van der Waals surface area contributed by atoms with Crippen molar-refractivity contribution in [2.45, 2.75) is 24.9 Å². The van der Waals surface area contributed by atoms with Crippen LogP contribution in [0.1, 0.15) is 53.7 Å². The van der Waals surface area contributed by atoms with Crippen LogP contribution in [-0.4, -0.2) is 36.5 Å². The third kappa shape index (κ3) is 3.18. The quantitative estimate of drug-likeness (QED) is 0.231. The summed E-state index contributed by atoms with van der Waals surface area (Å²) in [5.74, 6) is -0.758. The maximum Gasteiger partial charge on any atom is 0.186 e. The SMILES string of the molecule is COc1cccc(C(=O)[C@@H]2[C@H](c3ccc(C)cc3)C3(C(=O)c4ccccc4C3=O)[C@@H]3C=Cc4ccccc4N23)c1. The van der Waals surface area contributed by atoms with Crippen molar-refractivity contribution in [2.75, 3.05) is 12.0 Å². The number of nitrogens with zero attached hydrogens (tertiary/aromatic N) is 1. The summed E-state index contributed by atoms with van der Waals surface area (Å²) in [6.07, 6.45) is 3.93. The molecule has 5 heteroatoms. The molecule has 7 rings (SSSR count). The molecule has 3 atom stereocenters. The predicted molar refractivity (Wildman–Crippen MR) is 154 cm³/mol. The van der Waals surface area contributed by atoms with Crippen molar-refractivity contribution in [3.8, 4) is 5.75 Å². The van der Waals surface area contributed by atoms with Gasteiger partial charge in [0.25, 0.3) is 0 Å². The summed E-state index contributed by atoms with van der Waals surface area (Å²) in [6, 6.07) is 28.4. The summed E-state index contributed by atoms with van der Waals surface area (Å²) >= 11 is 0. The molecular weight excluding hydrogens is 498 g/mol. The fourth-order valence-corrected chi connectivity index (χ4v) is 7.01. The Labute approximate surface area is 232 Å². The Morgan fingerprint density at radius 1 is 0.825 bits per heavy atom. The summed E-state index contributed by atoms with van der Waals surface area (Å²) in [7, 11) is 1.57. The van der Waals surface area contributed by atoms with E-state index in [1.807, 2.05) is 72.5 Å². The zero-order chi connectivity index (χ0) is 27.6. The molecule has 196 valence electrons. The van der Waals surface area contributed by atoms with Crippen LogP contribution in [0.5, 0.6) is 5.75 Å². The van der Waals surface area contributed by atoms with Crippen LogP contribution in [0.25, 0.3) is 6.08 Å². The molecule has 1 aliphatic carbocycles. The normalized spacial score (nSPS) is 21.8. The Morgan fingerprint density at radius 2 is 1.50 bits per heavy atom. The van der Waals surface area contributed by atoms with Gasteiger partial charge in [-0.3, -0.25) is 14.4 Å². The lowest BCUT2D eigenvalue weighted by Crippen LogP contribution is -2.48. The molecule has 0 bridgehead atoms. The highest BCUT2D eigenvalue weighted by molar-refractivity contribution is 6.32. The monoisotopic (exact) mass is 525 g/mol. The number of para-hydroxylation sites is 1. The molecule has 0 aromatic heterocycles. The number of ether oxygens (including phenoxy) is 1. The van der Waals surface area contributed by atoms with Crippen LogP contribution in [0.15, 0.2) is 103 Å². The Hall–Kier alpha value is -4.77. The summed E-state index contributed by atoms with van der Waals surface area (Å²) in [4.78, 5) is 46.0. The van der Waals surface area contributed by atoms with Gasteiger partial charge in [0.05, 0.1) is 13.2 Å². The standard InChI is InChI=1S/C35H27NO4/c1-21-14-16-23(17-15-21)30-31(32(37)24-9-7-10-25(20-24)40-2)36-28-13-6-3-8-22(28)18-19-29(36)35(30)33(38)26-11-4-5-12-27(26)34(35)39/h3-20,29-31H,1-2H3/t29-,30-,31-/m0/s1. The van der Waals surface area contributed by atoms with Crippen LogP contribution in [0.2, 0.25) is 0 Å². The minimum Gasteiger partial charge on any atom is -0.497 e. The first-order valence-electron chi connectivity index (χ1n) is 13.5. The van der Waals surface area contributed by atoms with Gasteiger partial charge in [0, 0.05) is 28.3 Å². The van der Waals surface area contributed by atoms with Gasteiger partial charge in [-0.2, -0.15) is 0 Å². The molecule has 4 aromatic rings. The fourth-order valence-electron chi connectivity index (χ4n) is 7.01. The van der Waals surface area contributed by atoms with Gasteiger partial charge in [-0.25, -0.2) is 0 Å². The van der Waals surface area contributed by atoms with Crippen molar-refractivity contribution in [1.29, 1.82) is 0 Å². The zero-order valence-corrected chi connectivity index (χ0v) is 22.2. The minimum atomic E-state index is -1.50. The van der Waals surface area contributed by atoms with Crippen LogP contribution < -0.4 is 9.64 Å². The second-order valence-electron chi connectivity index (χ2n) is 10.8. The molecule has 0 radical (unpaired) electrons. The van der Waals surface area contributed by atoms with Crippen LogP contribution >= 0.6 is 0 Å². The number of benzene rings is 4. The van der Waals surface area contributed by atoms with Crippen molar-refractivity contribution in [1.82, 2.24) is 0 Å². The molecule has 0 unspecified atom stereocenters. The first-order chi connectivity index (χ1) is 19.5. The molecule has 1 spiro atoms. The number of ketones is 3. The van der Waals surface area contributed by atoms with E-state index >= 15 is 0 Å². The Bertz CT molecular complexity index is 1700. The molecule has 4 aromatic carbocycles. The summed E-state index contributed by atoms with van der Waals surface area (Å²) < 4.78 is 5.44. The van der Waals surface area contributed by atoms with Gasteiger partial charge in [0.2, 0.25) is 0 Å². The Kier molecular flexibility index (Phi) is 5.39. The van der Waals surface area contributed by atoms with Crippen molar-refractivity contribution in [2.24, 2.45) is 5.41 Å². The van der Waals surface area contributed by atoms with E-state index in [-0.39, 0.29) is 17.3 Å². The number of aryl methyl sites for hydroxylation is 1. The molecule has 3 aliphatic rings. The zero-order valence-electron chi connectivity index (χ0n) is 22.2. The summed E-state index contributed by atoms with van der Waals surface area (Å²) in [6.45, 7) is 2.00. The molecule has 1 saturated heterocycles. The predicted octanol–water partition coefficient (Wildman–Crippen LogP) is 6.32. The number of carbonyl (C=O) groups excluding carboxylic acids is 3. The van der Waals surface area contributed by atoms with Gasteiger partial charge >= 0.3 is 0 Å². The first-order valence-corrected chi connectivity index (χ1v) is 13.5.